The number of benzene rings is 1. The first-order valence-corrected chi connectivity index (χ1v) is 12.3. The second kappa shape index (κ2) is 7.93. The Morgan fingerprint density at radius 3 is 2.71 bits per heavy atom. The molecule has 4 aliphatic carbocycles. The van der Waals surface area contributed by atoms with Crippen LogP contribution < -0.4 is 15.1 Å². The zero-order valence-corrected chi connectivity index (χ0v) is 19.4. The van der Waals surface area contributed by atoms with E-state index in [4.69, 9.17) is 5.26 Å². The summed E-state index contributed by atoms with van der Waals surface area (Å²) in [6.07, 6.45) is 7.74. The molecule has 2 aromatic rings. The van der Waals surface area contributed by atoms with Gasteiger partial charge < -0.3 is 15.1 Å². The summed E-state index contributed by atoms with van der Waals surface area (Å²) >= 11 is 0. The molecule has 1 amide bonds. The van der Waals surface area contributed by atoms with Crippen LogP contribution in [0.25, 0.3) is 0 Å². The molecular weight excluding hydrogens is 431 g/mol. The van der Waals surface area contributed by atoms with Gasteiger partial charge in [0.2, 0.25) is 5.95 Å². The van der Waals surface area contributed by atoms with Crippen LogP contribution in [0, 0.1) is 34.9 Å². The van der Waals surface area contributed by atoms with Crippen LogP contribution >= 0.6 is 0 Å². The minimum absolute atomic E-state index is 0.0279. The summed E-state index contributed by atoms with van der Waals surface area (Å²) < 4.78 is 14.5. The predicted octanol–water partition coefficient (Wildman–Crippen LogP) is 3.51. The molecule has 1 aliphatic heterocycles. The van der Waals surface area contributed by atoms with E-state index in [1.54, 1.807) is 24.4 Å². The molecule has 0 radical (unpaired) electrons. The van der Waals surface area contributed by atoms with Crippen molar-refractivity contribution >= 4 is 17.5 Å². The Morgan fingerprint density at radius 2 is 2.00 bits per heavy atom. The Balaban J connectivity index is 1.15. The quantitative estimate of drug-likeness (QED) is 0.752. The number of hydrogen-bond donors (Lipinski definition) is 1. The molecule has 5 atom stereocenters. The van der Waals surface area contributed by atoms with E-state index in [2.05, 4.69) is 27.1 Å². The van der Waals surface area contributed by atoms with Crippen molar-refractivity contribution in [1.82, 2.24) is 15.3 Å². The van der Waals surface area contributed by atoms with Gasteiger partial charge in [-0.25, -0.2) is 14.4 Å². The first kappa shape index (κ1) is 21.3. The molecule has 4 bridgehead atoms. The summed E-state index contributed by atoms with van der Waals surface area (Å²) in [5.41, 5.74) is 1.20. The molecule has 4 saturated carbocycles. The maximum Gasteiger partial charge on any atom is 0.270 e. The molecule has 2 unspecified atom stereocenters. The molecule has 2 heterocycles. The SMILES string of the molecule is C[C@@H]1CN(c2ccc(C#N)cc2F)CCN1c1nccc(C(=O)NC23C[C@@H]4CC2C[C@@H](C4)C3)n1. The molecule has 5 fully saturated rings. The van der Waals surface area contributed by atoms with Crippen molar-refractivity contribution in [2.75, 3.05) is 29.4 Å². The van der Waals surface area contributed by atoms with Crippen LogP contribution in [0.15, 0.2) is 30.5 Å². The molecule has 8 heteroatoms. The number of carbonyl (C=O) groups is 1. The second-order valence-electron chi connectivity index (χ2n) is 10.7. The van der Waals surface area contributed by atoms with E-state index in [0.29, 0.717) is 48.4 Å². The van der Waals surface area contributed by atoms with Gasteiger partial charge in [-0.3, -0.25) is 4.79 Å². The van der Waals surface area contributed by atoms with E-state index in [1.165, 1.54) is 25.3 Å². The molecule has 0 spiro atoms. The van der Waals surface area contributed by atoms with Crippen LogP contribution in [-0.2, 0) is 0 Å². The van der Waals surface area contributed by atoms with Gasteiger partial charge in [-0.05, 0) is 81.0 Å². The Bertz CT molecular complexity index is 1160. The number of nitriles is 1. The van der Waals surface area contributed by atoms with Gasteiger partial charge in [-0.15, -0.1) is 0 Å². The van der Waals surface area contributed by atoms with Crippen molar-refractivity contribution in [3.8, 4) is 6.07 Å². The minimum atomic E-state index is -0.385. The molecule has 1 aromatic heterocycles. The number of carbonyl (C=O) groups excluding carboxylic acids is 1. The van der Waals surface area contributed by atoms with Gasteiger partial charge in [0.25, 0.3) is 5.91 Å². The highest BCUT2D eigenvalue weighted by Gasteiger charge is 2.58. The summed E-state index contributed by atoms with van der Waals surface area (Å²) in [6.45, 7) is 3.86. The number of aromatic nitrogens is 2. The van der Waals surface area contributed by atoms with Gasteiger partial charge in [0.15, 0.2) is 0 Å². The first-order chi connectivity index (χ1) is 16.4. The van der Waals surface area contributed by atoms with E-state index >= 15 is 0 Å². The smallest absolute Gasteiger partial charge is 0.270 e. The van der Waals surface area contributed by atoms with Crippen LogP contribution in [-0.4, -0.2) is 47.1 Å². The number of nitrogens with zero attached hydrogens (tertiary/aromatic N) is 5. The van der Waals surface area contributed by atoms with Gasteiger partial charge in [0.1, 0.15) is 11.5 Å². The summed E-state index contributed by atoms with van der Waals surface area (Å²) in [6, 6.07) is 8.28. The van der Waals surface area contributed by atoms with Gasteiger partial charge in [-0.1, -0.05) is 0 Å². The average molecular weight is 461 g/mol. The Hall–Kier alpha value is -3.21. The van der Waals surface area contributed by atoms with Crippen LogP contribution in [0.1, 0.15) is 55.1 Å². The normalized spacial score (nSPS) is 31.6. The highest BCUT2D eigenvalue weighted by molar-refractivity contribution is 5.93. The van der Waals surface area contributed by atoms with Crippen molar-refractivity contribution < 1.29 is 9.18 Å². The number of piperazine rings is 1. The van der Waals surface area contributed by atoms with E-state index in [-0.39, 0.29) is 23.3 Å². The minimum Gasteiger partial charge on any atom is -0.365 e. The maximum atomic E-state index is 14.5. The molecule has 1 aromatic carbocycles. The van der Waals surface area contributed by atoms with Crippen LogP contribution in [0.2, 0.25) is 0 Å². The highest BCUT2D eigenvalue weighted by atomic mass is 19.1. The van der Waals surface area contributed by atoms with Crippen LogP contribution in [0.4, 0.5) is 16.0 Å². The summed E-state index contributed by atoms with van der Waals surface area (Å²) in [4.78, 5) is 26.4. The lowest BCUT2D eigenvalue weighted by Gasteiger charge is -2.41. The zero-order valence-electron chi connectivity index (χ0n) is 19.4. The van der Waals surface area contributed by atoms with Crippen molar-refractivity contribution in [3.63, 3.8) is 0 Å². The van der Waals surface area contributed by atoms with E-state index in [0.717, 1.165) is 24.7 Å². The van der Waals surface area contributed by atoms with Gasteiger partial charge in [0, 0.05) is 37.4 Å². The molecule has 176 valence electrons. The highest BCUT2D eigenvalue weighted by Crippen LogP contribution is 2.60. The fourth-order valence-corrected chi connectivity index (χ4v) is 7.21. The number of rotatable bonds is 4. The summed E-state index contributed by atoms with van der Waals surface area (Å²) in [5.74, 6) is 2.23. The third-order valence-corrected chi connectivity index (χ3v) is 8.53. The number of hydrogen-bond acceptors (Lipinski definition) is 6. The first-order valence-electron chi connectivity index (χ1n) is 12.3. The van der Waals surface area contributed by atoms with E-state index in [9.17, 15) is 9.18 Å². The lowest BCUT2D eigenvalue weighted by Crippen LogP contribution is -2.53. The molecule has 5 aliphatic rings. The molecular formula is C26H29FN6O. The fourth-order valence-electron chi connectivity index (χ4n) is 7.21. The number of nitrogens with one attached hydrogen (secondary N) is 1. The molecule has 7 rings (SSSR count). The van der Waals surface area contributed by atoms with Crippen molar-refractivity contribution in [1.29, 1.82) is 5.26 Å². The van der Waals surface area contributed by atoms with Crippen molar-refractivity contribution in [3.05, 3.63) is 47.5 Å². The average Bonchev–Trinajstić information content (AvgIpc) is 3.21. The van der Waals surface area contributed by atoms with E-state index < -0.39 is 0 Å². The largest absolute Gasteiger partial charge is 0.365 e. The zero-order chi connectivity index (χ0) is 23.4. The maximum absolute atomic E-state index is 14.5. The van der Waals surface area contributed by atoms with Gasteiger partial charge in [-0.2, -0.15) is 5.26 Å². The monoisotopic (exact) mass is 460 g/mol. The fraction of sp³-hybridized carbons (Fsp3) is 0.538. The number of amides is 1. The predicted molar refractivity (Wildman–Crippen MR) is 126 cm³/mol. The molecule has 7 nitrogen and oxygen atoms in total. The van der Waals surface area contributed by atoms with Crippen LogP contribution in [0.3, 0.4) is 0 Å². The molecule has 1 N–H and O–H groups in total. The third-order valence-electron chi connectivity index (χ3n) is 8.53. The van der Waals surface area contributed by atoms with Crippen molar-refractivity contribution in [2.45, 2.75) is 50.6 Å². The molecule has 1 saturated heterocycles. The summed E-state index contributed by atoms with van der Waals surface area (Å²) in [5, 5.41) is 12.4. The Morgan fingerprint density at radius 1 is 1.21 bits per heavy atom. The topological polar surface area (TPSA) is 85.2 Å². The van der Waals surface area contributed by atoms with E-state index in [1.807, 2.05) is 11.0 Å². The Labute approximate surface area is 199 Å². The lowest BCUT2D eigenvalue weighted by atomic mass is 9.80. The number of halogens is 1. The van der Waals surface area contributed by atoms with Gasteiger partial charge >= 0.3 is 0 Å². The van der Waals surface area contributed by atoms with Gasteiger partial charge in [0.05, 0.1) is 17.3 Å². The number of anilines is 2. The second-order valence-corrected chi connectivity index (χ2v) is 10.7. The Kier molecular flexibility index (Phi) is 4.98. The lowest BCUT2D eigenvalue weighted by molar-refractivity contribution is 0.0869. The summed E-state index contributed by atoms with van der Waals surface area (Å²) in [7, 11) is 0. The van der Waals surface area contributed by atoms with Crippen LogP contribution in [0.5, 0.6) is 0 Å². The molecule has 34 heavy (non-hydrogen) atoms. The standard InChI is InChI=1S/C26H29FN6O/c1-16-15-32(23-3-2-17(14-28)11-21(23)27)6-7-33(16)25-29-5-4-22(30-25)24(34)31-26-12-18-8-19(13-26)10-20(26)9-18/h2-5,11,16,18-20H,6-10,12-13,15H2,1H3,(H,31,34)/t16-,18-,19+,20?,26?/m1/s1. The van der Waals surface area contributed by atoms with Crippen molar-refractivity contribution in [2.24, 2.45) is 17.8 Å². The third kappa shape index (κ3) is 3.49.